The molecule has 1 aromatic heterocycles. The Morgan fingerprint density at radius 2 is 2.12 bits per heavy atom. The van der Waals surface area contributed by atoms with E-state index >= 15 is 0 Å². The van der Waals surface area contributed by atoms with Crippen molar-refractivity contribution in [3.63, 3.8) is 0 Å². The van der Waals surface area contributed by atoms with Crippen molar-refractivity contribution in [2.24, 2.45) is 0 Å². The standard InChI is InChI=1S/C24H24N4O2S2/c1-14(2)15-6-8-16(9-7-15)21-17(12-25)23(27-18-4-3-5-19(29)22(18)21)32-13-20(30)28-24-26-10-11-31-24/h6-11,14,21,27H,3-5,13H2,1-2H3,(H,26,28,30)/t21-/m1/s1. The number of aromatic nitrogens is 1. The molecule has 32 heavy (non-hydrogen) atoms. The first-order valence-electron chi connectivity index (χ1n) is 10.6. The summed E-state index contributed by atoms with van der Waals surface area (Å²) in [7, 11) is 0. The van der Waals surface area contributed by atoms with Gasteiger partial charge in [0.25, 0.3) is 0 Å². The Hall–Kier alpha value is -2.89. The molecule has 2 heterocycles. The smallest absolute Gasteiger partial charge is 0.236 e. The molecule has 0 fully saturated rings. The summed E-state index contributed by atoms with van der Waals surface area (Å²) < 4.78 is 0. The zero-order valence-corrected chi connectivity index (χ0v) is 19.6. The monoisotopic (exact) mass is 464 g/mol. The number of anilines is 1. The maximum absolute atomic E-state index is 12.9. The number of nitrogens with one attached hydrogen (secondary N) is 2. The van der Waals surface area contributed by atoms with Crippen LogP contribution in [0, 0.1) is 11.3 Å². The molecule has 1 amide bonds. The van der Waals surface area contributed by atoms with Crippen molar-refractivity contribution in [2.45, 2.75) is 44.9 Å². The zero-order valence-electron chi connectivity index (χ0n) is 18.0. The van der Waals surface area contributed by atoms with Gasteiger partial charge in [0.05, 0.1) is 28.3 Å². The molecule has 2 aliphatic rings. The molecule has 1 aliphatic carbocycles. The van der Waals surface area contributed by atoms with E-state index in [-0.39, 0.29) is 17.4 Å². The fourth-order valence-electron chi connectivity index (χ4n) is 4.02. The molecule has 1 aromatic carbocycles. The first kappa shape index (κ1) is 22.3. The Kier molecular flexibility index (Phi) is 6.77. The third-order valence-electron chi connectivity index (χ3n) is 5.63. The van der Waals surface area contributed by atoms with Gasteiger partial charge < -0.3 is 10.6 Å². The Morgan fingerprint density at radius 1 is 1.34 bits per heavy atom. The van der Waals surface area contributed by atoms with E-state index < -0.39 is 5.92 Å². The summed E-state index contributed by atoms with van der Waals surface area (Å²) >= 11 is 2.65. The zero-order chi connectivity index (χ0) is 22.7. The quantitative estimate of drug-likeness (QED) is 0.620. The lowest BCUT2D eigenvalue weighted by Gasteiger charge is -2.33. The van der Waals surface area contributed by atoms with E-state index in [1.165, 1.54) is 28.7 Å². The predicted octanol–water partition coefficient (Wildman–Crippen LogP) is 5.07. The fraction of sp³-hybridized carbons (Fsp3) is 0.333. The fourth-order valence-corrected chi connectivity index (χ4v) is 5.43. The number of Topliss-reactive ketones (excluding diaryl/α,β-unsaturated/α-hetero) is 1. The van der Waals surface area contributed by atoms with Crippen LogP contribution in [0.1, 0.15) is 56.1 Å². The van der Waals surface area contributed by atoms with E-state index in [2.05, 4.69) is 47.7 Å². The number of dihydropyridines is 1. The molecule has 0 radical (unpaired) electrons. The Morgan fingerprint density at radius 3 is 2.78 bits per heavy atom. The molecular formula is C24H24N4O2S2. The van der Waals surface area contributed by atoms with Gasteiger partial charge in [0.2, 0.25) is 5.91 Å². The van der Waals surface area contributed by atoms with Gasteiger partial charge in [-0.05, 0) is 29.9 Å². The second kappa shape index (κ2) is 9.72. The van der Waals surface area contributed by atoms with Crippen LogP contribution in [-0.4, -0.2) is 22.4 Å². The van der Waals surface area contributed by atoms with E-state index in [0.717, 1.165) is 24.1 Å². The van der Waals surface area contributed by atoms with E-state index in [0.29, 0.717) is 33.6 Å². The van der Waals surface area contributed by atoms with Gasteiger partial charge in [0.15, 0.2) is 10.9 Å². The van der Waals surface area contributed by atoms with Crippen LogP contribution in [-0.2, 0) is 9.59 Å². The van der Waals surface area contributed by atoms with Crippen LogP contribution < -0.4 is 10.6 Å². The maximum atomic E-state index is 12.9. The van der Waals surface area contributed by atoms with Gasteiger partial charge >= 0.3 is 0 Å². The highest BCUT2D eigenvalue weighted by atomic mass is 32.2. The molecular weight excluding hydrogens is 440 g/mol. The van der Waals surface area contributed by atoms with Crippen molar-refractivity contribution in [3.05, 3.63) is 68.8 Å². The average Bonchev–Trinajstić information content (AvgIpc) is 3.30. The van der Waals surface area contributed by atoms with Crippen LogP contribution in [0.15, 0.2) is 57.7 Å². The number of hydrogen-bond acceptors (Lipinski definition) is 7. The molecule has 1 aliphatic heterocycles. The molecule has 1 atom stereocenters. The van der Waals surface area contributed by atoms with Crippen molar-refractivity contribution in [1.29, 1.82) is 5.26 Å². The summed E-state index contributed by atoms with van der Waals surface area (Å²) in [6.45, 7) is 4.27. The third kappa shape index (κ3) is 4.64. The predicted molar refractivity (Wildman–Crippen MR) is 128 cm³/mol. The lowest BCUT2D eigenvalue weighted by molar-refractivity contribution is -0.116. The highest BCUT2D eigenvalue weighted by molar-refractivity contribution is 8.03. The number of amides is 1. The number of ketones is 1. The number of nitriles is 1. The minimum atomic E-state index is -0.408. The minimum absolute atomic E-state index is 0.0926. The lowest BCUT2D eigenvalue weighted by atomic mass is 9.76. The number of carbonyl (C=O) groups is 2. The average molecular weight is 465 g/mol. The van der Waals surface area contributed by atoms with E-state index in [9.17, 15) is 14.9 Å². The van der Waals surface area contributed by atoms with E-state index in [1.54, 1.807) is 11.6 Å². The molecule has 0 saturated carbocycles. The van der Waals surface area contributed by atoms with Crippen LogP contribution in [0.3, 0.4) is 0 Å². The number of thiazole rings is 1. The van der Waals surface area contributed by atoms with Gasteiger partial charge in [0, 0.05) is 29.3 Å². The third-order valence-corrected chi connectivity index (χ3v) is 7.33. The first-order valence-corrected chi connectivity index (χ1v) is 12.4. The van der Waals surface area contributed by atoms with Crippen LogP contribution in [0.4, 0.5) is 5.13 Å². The molecule has 6 nitrogen and oxygen atoms in total. The van der Waals surface area contributed by atoms with Crippen molar-refractivity contribution in [3.8, 4) is 6.07 Å². The molecule has 0 bridgehead atoms. The van der Waals surface area contributed by atoms with E-state index in [4.69, 9.17) is 0 Å². The van der Waals surface area contributed by atoms with Gasteiger partial charge in [-0.2, -0.15) is 5.26 Å². The number of nitrogens with zero attached hydrogens (tertiary/aromatic N) is 2. The molecule has 0 saturated heterocycles. The number of rotatable bonds is 6. The van der Waals surface area contributed by atoms with Gasteiger partial charge in [0.1, 0.15) is 0 Å². The van der Waals surface area contributed by atoms with Crippen molar-refractivity contribution < 1.29 is 9.59 Å². The van der Waals surface area contributed by atoms with E-state index in [1.807, 2.05) is 12.1 Å². The molecule has 2 N–H and O–H groups in total. The number of carbonyl (C=O) groups excluding carboxylic acids is 2. The summed E-state index contributed by atoms with van der Waals surface area (Å²) in [5, 5.41) is 19.2. The normalized spacial score (nSPS) is 18.3. The van der Waals surface area contributed by atoms with Crippen LogP contribution in [0.25, 0.3) is 0 Å². The van der Waals surface area contributed by atoms with Crippen LogP contribution in [0.5, 0.6) is 0 Å². The Balaban J connectivity index is 1.65. The number of benzene rings is 1. The summed E-state index contributed by atoms with van der Waals surface area (Å²) in [5.74, 6) is 0.0399. The molecule has 0 spiro atoms. The largest absolute Gasteiger partial charge is 0.352 e. The van der Waals surface area contributed by atoms with Crippen molar-refractivity contribution in [1.82, 2.24) is 10.3 Å². The number of allylic oxidation sites excluding steroid dienone is 3. The molecule has 0 unspecified atom stereocenters. The van der Waals surface area contributed by atoms with Gasteiger partial charge in [-0.15, -0.1) is 11.3 Å². The van der Waals surface area contributed by atoms with Crippen molar-refractivity contribution in [2.75, 3.05) is 11.1 Å². The summed E-state index contributed by atoms with van der Waals surface area (Å²) in [6.07, 6.45) is 3.68. The summed E-state index contributed by atoms with van der Waals surface area (Å²) in [6, 6.07) is 10.5. The number of hydrogen-bond donors (Lipinski definition) is 2. The van der Waals surface area contributed by atoms with Crippen molar-refractivity contribution >= 4 is 39.9 Å². The van der Waals surface area contributed by atoms with Gasteiger partial charge in [-0.1, -0.05) is 49.9 Å². The highest BCUT2D eigenvalue weighted by Crippen LogP contribution is 2.44. The van der Waals surface area contributed by atoms with Crippen LogP contribution >= 0.6 is 23.1 Å². The number of thioether (sulfide) groups is 1. The SMILES string of the molecule is CC(C)c1ccc([C@@H]2C(C#N)=C(SCC(=O)Nc3nccs3)NC3=C2C(=O)CCC3)cc1. The lowest BCUT2D eigenvalue weighted by Crippen LogP contribution is -2.31. The topological polar surface area (TPSA) is 94.9 Å². The second-order valence-electron chi connectivity index (χ2n) is 8.08. The Labute approximate surface area is 195 Å². The molecule has 8 heteroatoms. The Bertz CT molecular complexity index is 1130. The highest BCUT2D eigenvalue weighted by Gasteiger charge is 2.37. The first-order chi connectivity index (χ1) is 15.5. The van der Waals surface area contributed by atoms with Crippen LogP contribution in [0.2, 0.25) is 0 Å². The summed E-state index contributed by atoms with van der Waals surface area (Å²) in [5.41, 5.74) is 4.20. The molecule has 4 rings (SSSR count). The summed E-state index contributed by atoms with van der Waals surface area (Å²) in [4.78, 5) is 29.3. The molecule has 2 aromatic rings. The second-order valence-corrected chi connectivity index (χ2v) is 9.96. The van der Waals surface area contributed by atoms with Gasteiger partial charge in [-0.25, -0.2) is 4.98 Å². The van der Waals surface area contributed by atoms with Gasteiger partial charge in [-0.3, -0.25) is 9.59 Å². The molecule has 164 valence electrons. The maximum Gasteiger partial charge on any atom is 0.236 e. The minimum Gasteiger partial charge on any atom is -0.352 e.